The minimum atomic E-state index is -4.44. The zero-order chi connectivity index (χ0) is 21.3. The van der Waals surface area contributed by atoms with Gasteiger partial charge in [0, 0.05) is 19.3 Å². The molecule has 7 nitrogen and oxygen atoms in total. The van der Waals surface area contributed by atoms with Gasteiger partial charge in [0.1, 0.15) is 11.7 Å². The Labute approximate surface area is 175 Å². The lowest BCUT2D eigenvalue weighted by atomic mass is 10.0. The van der Waals surface area contributed by atoms with Crippen LogP contribution in [-0.2, 0) is 4.74 Å². The maximum absolute atomic E-state index is 13.8. The van der Waals surface area contributed by atoms with E-state index in [0.717, 1.165) is 0 Å². The number of H-pyrrole nitrogens is 1. The van der Waals surface area contributed by atoms with Gasteiger partial charge in [0.25, 0.3) is 0 Å². The maximum Gasteiger partial charge on any atom is 0.408 e. The minimum Gasteiger partial charge on any atom is -0.480 e. The highest BCUT2D eigenvalue weighted by Crippen LogP contribution is 2.40. The van der Waals surface area contributed by atoms with E-state index in [-0.39, 0.29) is 42.8 Å². The van der Waals surface area contributed by atoms with Crippen LogP contribution in [0.2, 0.25) is 5.02 Å². The van der Waals surface area contributed by atoms with E-state index in [9.17, 15) is 13.2 Å². The predicted molar refractivity (Wildman–Crippen MR) is 106 cm³/mol. The van der Waals surface area contributed by atoms with Gasteiger partial charge in [0.05, 0.1) is 36.4 Å². The highest BCUT2D eigenvalue weighted by molar-refractivity contribution is 6.33. The lowest BCUT2D eigenvalue weighted by Crippen LogP contribution is -2.44. The first-order chi connectivity index (χ1) is 14.4. The molecule has 1 fully saturated rings. The summed E-state index contributed by atoms with van der Waals surface area (Å²) in [6.07, 6.45) is -2.74. The maximum atomic E-state index is 13.8. The molecule has 0 amide bonds. The van der Waals surface area contributed by atoms with E-state index in [1.807, 2.05) is 0 Å². The summed E-state index contributed by atoms with van der Waals surface area (Å²) in [5.41, 5.74) is 1.01. The van der Waals surface area contributed by atoms with Crippen LogP contribution in [0, 0.1) is 0 Å². The summed E-state index contributed by atoms with van der Waals surface area (Å²) in [4.78, 5) is 12.9. The fourth-order valence-corrected chi connectivity index (χ4v) is 3.73. The summed E-state index contributed by atoms with van der Waals surface area (Å²) in [5.74, 6) is 0.568. The van der Waals surface area contributed by atoms with Crippen LogP contribution in [0.25, 0.3) is 11.0 Å². The minimum absolute atomic E-state index is 0.0678. The first-order valence-corrected chi connectivity index (χ1v) is 9.58. The van der Waals surface area contributed by atoms with E-state index in [0.29, 0.717) is 22.6 Å². The smallest absolute Gasteiger partial charge is 0.408 e. The fraction of sp³-hybridized carbons (Fsp3) is 0.368. The van der Waals surface area contributed by atoms with Crippen molar-refractivity contribution in [2.75, 3.05) is 38.7 Å². The standard InChI is InChI=1S/C19H19ClF3N5O2/c1-29-17-12-4-5-24-16(12)26-18(27-17)25-14-3-2-11(10-13(14)20)15(19(21,22)23)28-6-8-30-9-7-28/h2-5,10,15H,6-9H2,1H3,(H2,24,25,26,27)/t15-/m0/s1. The molecule has 0 saturated carbocycles. The van der Waals surface area contributed by atoms with Crippen LogP contribution in [-0.4, -0.2) is 59.4 Å². The Bertz CT molecular complexity index is 1040. The van der Waals surface area contributed by atoms with Crippen molar-refractivity contribution < 1.29 is 22.6 Å². The van der Waals surface area contributed by atoms with Crippen molar-refractivity contribution >= 4 is 34.3 Å². The Kier molecular flexibility index (Phi) is 5.72. The number of aromatic amines is 1. The van der Waals surface area contributed by atoms with Crippen molar-refractivity contribution in [1.82, 2.24) is 19.9 Å². The molecule has 3 heterocycles. The third-order valence-electron chi connectivity index (χ3n) is 4.85. The molecule has 1 aromatic carbocycles. The molecule has 1 saturated heterocycles. The quantitative estimate of drug-likeness (QED) is 0.615. The molecule has 0 spiro atoms. The molecule has 0 radical (unpaired) electrons. The monoisotopic (exact) mass is 441 g/mol. The van der Waals surface area contributed by atoms with Crippen LogP contribution in [0.1, 0.15) is 11.6 Å². The lowest BCUT2D eigenvalue weighted by Gasteiger charge is -2.35. The number of ether oxygens (including phenoxy) is 2. The summed E-state index contributed by atoms with van der Waals surface area (Å²) in [5, 5.41) is 3.78. The van der Waals surface area contributed by atoms with Crippen LogP contribution in [0.15, 0.2) is 30.5 Å². The number of anilines is 2. The number of hydrogen-bond acceptors (Lipinski definition) is 6. The molecule has 2 aromatic heterocycles. The normalized spacial score (nSPS) is 16.6. The van der Waals surface area contributed by atoms with Gasteiger partial charge in [0.15, 0.2) is 0 Å². The second-order valence-electron chi connectivity index (χ2n) is 6.75. The SMILES string of the molecule is COc1nc(Nc2ccc([C@H](N3CCOCC3)C(F)(F)F)cc2Cl)nc2[nH]ccc12. The molecule has 160 valence electrons. The van der Waals surface area contributed by atoms with E-state index in [1.165, 1.54) is 30.2 Å². The van der Waals surface area contributed by atoms with E-state index < -0.39 is 12.2 Å². The number of nitrogens with one attached hydrogen (secondary N) is 2. The molecule has 11 heteroatoms. The molecular weight excluding hydrogens is 423 g/mol. The molecule has 0 aliphatic carbocycles. The number of morpholine rings is 1. The Hall–Kier alpha value is -2.56. The number of halogens is 4. The Morgan fingerprint density at radius 1 is 1.23 bits per heavy atom. The topological polar surface area (TPSA) is 75.3 Å². The van der Waals surface area contributed by atoms with E-state index >= 15 is 0 Å². The van der Waals surface area contributed by atoms with Gasteiger partial charge >= 0.3 is 6.18 Å². The van der Waals surface area contributed by atoms with Crippen molar-refractivity contribution in [3.63, 3.8) is 0 Å². The summed E-state index contributed by atoms with van der Waals surface area (Å²) in [7, 11) is 1.49. The number of alkyl halides is 3. The van der Waals surface area contributed by atoms with Crippen molar-refractivity contribution in [2.45, 2.75) is 12.2 Å². The zero-order valence-electron chi connectivity index (χ0n) is 16.0. The lowest BCUT2D eigenvalue weighted by molar-refractivity contribution is -0.194. The van der Waals surface area contributed by atoms with E-state index in [4.69, 9.17) is 21.1 Å². The Balaban J connectivity index is 1.62. The van der Waals surface area contributed by atoms with E-state index in [2.05, 4.69) is 20.3 Å². The number of rotatable bonds is 5. The van der Waals surface area contributed by atoms with Crippen molar-refractivity contribution in [3.05, 3.63) is 41.0 Å². The number of methoxy groups -OCH3 is 1. The average molecular weight is 442 g/mol. The third-order valence-corrected chi connectivity index (χ3v) is 5.16. The summed E-state index contributed by atoms with van der Waals surface area (Å²) < 4.78 is 51.8. The van der Waals surface area contributed by atoms with Gasteiger partial charge in [-0.15, -0.1) is 0 Å². The first kappa shape index (κ1) is 20.7. The van der Waals surface area contributed by atoms with Crippen LogP contribution in [0.3, 0.4) is 0 Å². The number of aromatic nitrogens is 3. The molecule has 1 atom stereocenters. The molecule has 3 aromatic rings. The molecular formula is C19H19ClF3N5O2. The molecule has 0 unspecified atom stereocenters. The second kappa shape index (κ2) is 8.29. The van der Waals surface area contributed by atoms with Crippen molar-refractivity contribution in [1.29, 1.82) is 0 Å². The van der Waals surface area contributed by atoms with Crippen molar-refractivity contribution in [3.8, 4) is 5.88 Å². The van der Waals surface area contributed by atoms with Gasteiger partial charge in [-0.2, -0.15) is 23.1 Å². The van der Waals surface area contributed by atoms with Crippen molar-refractivity contribution in [2.24, 2.45) is 0 Å². The molecule has 1 aliphatic rings. The molecule has 2 N–H and O–H groups in total. The molecule has 0 bridgehead atoms. The zero-order valence-corrected chi connectivity index (χ0v) is 16.7. The Morgan fingerprint density at radius 2 is 2.00 bits per heavy atom. The largest absolute Gasteiger partial charge is 0.480 e. The highest BCUT2D eigenvalue weighted by Gasteiger charge is 2.45. The number of hydrogen-bond donors (Lipinski definition) is 2. The average Bonchev–Trinajstić information content (AvgIpc) is 3.18. The van der Waals surface area contributed by atoms with Gasteiger partial charge in [-0.3, -0.25) is 4.90 Å². The second-order valence-corrected chi connectivity index (χ2v) is 7.16. The van der Waals surface area contributed by atoms with Gasteiger partial charge in [-0.05, 0) is 23.8 Å². The van der Waals surface area contributed by atoms with Gasteiger partial charge in [-0.1, -0.05) is 17.7 Å². The van der Waals surface area contributed by atoms with Crippen LogP contribution in [0.4, 0.5) is 24.8 Å². The highest BCUT2D eigenvalue weighted by atomic mass is 35.5. The Morgan fingerprint density at radius 3 is 2.67 bits per heavy atom. The molecule has 30 heavy (non-hydrogen) atoms. The summed E-state index contributed by atoms with van der Waals surface area (Å²) in [6.45, 7) is 0.928. The van der Waals surface area contributed by atoms with Crippen LogP contribution >= 0.6 is 11.6 Å². The summed E-state index contributed by atoms with van der Waals surface area (Å²) >= 11 is 6.32. The number of benzene rings is 1. The molecule has 1 aliphatic heterocycles. The predicted octanol–water partition coefficient (Wildman–Crippen LogP) is 4.30. The van der Waals surface area contributed by atoms with Gasteiger partial charge in [-0.25, -0.2) is 0 Å². The summed E-state index contributed by atoms with van der Waals surface area (Å²) in [6, 6.07) is 4.25. The van der Waals surface area contributed by atoms with Gasteiger partial charge in [0.2, 0.25) is 11.8 Å². The van der Waals surface area contributed by atoms with Crippen LogP contribution in [0.5, 0.6) is 5.88 Å². The third kappa shape index (κ3) is 4.16. The first-order valence-electron chi connectivity index (χ1n) is 9.21. The number of nitrogens with zero attached hydrogens (tertiary/aromatic N) is 3. The number of fused-ring (bicyclic) bond motifs is 1. The molecule has 4 rings (SSSR count). The fourth-order valence-electron chi connectivity index (χ4n) is 3.49. The van der Waals surface area contributed by atoms with Gasteiger partial charge < -0.3 is 19.8 Å². The van der Waals surface area contributed by atoms with Crippen LogP contribution < -0.4 is 10.1 Å². The van der Waals surface area contributed by atoms with E-state index in [1.54, 1.807) is 12.3 Å².